The normalized spacial score (nSPS) is 10.4. The topological polar surface area (TPSA) is 72.6 Å². The molecule has 0 aliphatic heterocycles. The highest BCUT2D eigenvalue weighted by Crippen LogP contribution is 2.27. The molecule has 6 heteroatoms. The molecule has 2 rings (SSSR count). The summed E-state index contributed by atoms with van der Waals surface area (Å²) in [4.78, 5) is 10.5. The molecule has 0 bridgehead atoms. The van der Waals surface area contributed by atoms with E-state index in [0.29, 0.717) is 22.8 Å². The Morgan fingerprint density at radius 3 is 2.52 bits per heavy atom. The van der Waals surface area contributed by atoms with Crippen LogP contribution in [0.15, 0.2) is 42.5 Å². The van der Waals surface area contributed by atoms with Gasteiger partial charge in [-0.15, -0.1) is 0 Å². The van der Waals surface area contributed by atoms with Crippen molar-refractivity contribution < 1.29 is 14.8 Å². The van der Waals surface area contributed by atoms with E-state index < -0.39 is 4.92 Å². The van der Waals surface area contributed by atoms with Gasteiger partial charge in [0.25, 0.3) is 5.69 Å². The zero-order valence-electron chi connectivity index (χ0n) is 11.2. The van der Waals surface area contributed by atoms with Crippen molar-refractivity contribution in [2.24, 2.45) is 0 Å². The van der Waals surface area contributed by atoms with Gasteiger partial charge in [0.15, 0.2) is 0 Å². The zero-order valence-corrected chi connectivity index (χ0v) is 11.9. The molecule has 110 valence electrons. The fourth-order valence-electron chi connectivity index (χ4n) is 1.90. The predicted octanol–water partition coefficient (Wildman–Crippen LogP) is 3.36. The van der Waals surface area contributed by atoms with E-state index in [9.17, 15) is 10.1 Å². The third-order valence-corrected chi connectivity index (χ3v) is 3.35. The molecule has 0 saturated heterocycles. The van der Waals surface area contributed by atoms with Crippen LogP contribution in [0.2, 0.25) is 5.02 Å². The van der Waals surface area contributed by atoms with Crippen molar-refractivity contribution in [3.05, 3.63) is 68.7 Å². The monoisotopic (exact) mass is 307 g/mol. The number of hydrogen-bond donors (Lipinski definition) is 1. The number of benzene rings is 2. The van der Waals surface area contributed by atoms with Crippen LogP contribution < -0.4 is 4.74 Å². The number of nitrogens with zero attached hydrogens (tertiary/aromatic N) is 1. The quantitative estimate of drug-likeness (QED) is 0.656. The van der Waals surface area contributed by atoms with Gasteiger partial charge in [0.1, 0.15) is 12.4 Å². The molecular formula is C15H14ClNO4. The molecule has 1 N–H and O–H groups in total. The van der Waals surface area contributed by atoms with Gasteiger partial charge in [-0.25, -0.2) is 0 Å². The van der Waals surface area contributed by atoms with Crippen LogP contribution in [0.4, 0.5) is 5.69 Å². The lowest BCUT2D eigenvalue weighted by molar-refractivity contribution is -0.385. The van der Waals surface area contributed by atoms with Crippen LogP contribution in [0.25, 0.3) is 0 Å². The van der Waals surface area contributed by atoms with E-state index >= 15 is 0 Å². The molecule has 0 aromatic heterocycles. The van der Waals surface area contributed by atoms with Gasteiger partial charge in [-0.05, 0) is 30.2 Å². The van der Waals surface area contributed by atoms with Gasteiger partial charge < -0.3 is 9.84 Å². The Balaban J connectivity index is 2.11. The van der Waals surface area contributed by atoms with E-state index in [1.165, 1.54) is 12.1 Å². The van der Waals surface area contributed by atoms with Crippen LogP contribution in [0.5, 0.6) is 5.75 Å². The number of rotatable bonds is 6. The molecule has 0 aliphatic carbocycles. The predicted molar refractivity (Wildman–Crippen MR) is 79.7 cm³/mol. The minimum Gasteiger partial charge on any atom is -0.489 e. The van der Waals surface area contributed by atoms with Gasteiger partial charge in [-0.1, -0.05) is 29.8 Å². The maximum atomic E-state index is 11.0. The van der Waals surface area contributed by atoms with E-state index in [1.807, 2.05) is 12.1 Å². The molecule has 5 nitrogen and oxygen atoms in total. The summed E-state index contributed by atoms with van der Waals surface area (Å²) in [6.07, 6.45) is 0.580. The second kappa shape index (κ2) is 7.06. The first-order chi connectivity index (χ1) is 10.1. The summed E-state index contributed by atoms with van der Waals surface area (Å²) in [5, 5.41) is 20.1. The number of nitro benzene ring substituents is 1. The molecule has 2 aromatic carbocycles. The fraction of sp³-hybridized carbons (Fsp3) is 0.200. The van der Waals surface area contributed by atoms with Gasteiger partial charge in [0, 0.05) is 12.7 Å². The molecule has 0 aliphatic rings. The van der Waals surface area contributed by atoms with Crippen molar-refractivity contribution in [2.45, 2.75) is 13.0 Å². The second-order valence-electron chi connectivity index (χ2n) is 4.40. The van der Waals surface area contributed by atoms with E-state index in [1.54, 1.807) is 18.2 Å². The van der Waals surface area contributed by atoms with Crippen LogP contribution in [0, 0.1) is 10.1 Å². The third-order valence-electron chi connectivity index (χ3n) is 3.00. The van der Waals surface area contributed by atoms with Crippen molar-refractivity contribution in [3.63, 3.8) is 0 Å². The van der Waals surface area contributed by atoms with Gasteiger partial charge >= 0.3 is 0 Å². The maximum absolute atomic E-state index is 11.0. The summed E-state index contributed by atoms with van der Waals surface area (Å²) in [5.74, 6) is 0.589. The lowest BCUT2D eigenvalue weighted by Gasteiger charge is -2.09. The van der Waals surface area contributed by atoms with Crippen LogP contribution in [0.1, 0.15) is 11.1 Å². The van der Waals surface area contributed by atoms with Gasteiger partial charge in [0.2, 0.25) is 0 Å². The average Bonchev–Trinajstić information content (AvgIpc) is 2.47. The Bertz CT molecular complexity index is 628. The highest BCUT2D eigenvalue weighted by atomic mass is 35.5. The Hall–Kier alpha value is -2.11. The highest BCUT2D eigenvalue weighted by molar-refractivity contribution is 6.31. The zero-order chi connectivity index (χ0) is 15.2. The molecule has 21 heavy (non-hydrogen) atoms. The Labute approximate surface area is 126 Å². The summed E-state index contributed by atoms with van der Waals surface area (Å²) in [5.41, 5.74) is 1.29. The number of hydrogen-bond acceptors (Lipinski definition) is 4. The van der Waals surface area contributed by atoms with E-state index in [2.05, 4.69) is 0 Å². The van der Waals surface area contributed by atoms with Crippen molar-refractivity contribution in [3.8, 4) is 5.75 Å². The molecule has 0 heterocycles. The molecule has 0 unspecified atom stereocenters. The SMILES string of the molecule is O=[N+]([O-])c1cccc(Cl)c1COc1ccc(CCO)cc1. The standard InChI is InChI=1S/C15H14ClNO4/c16-14-2-1-3-15(17(19)20)13(14)10-21-12-6-4-11(5-7-12)8-9-18/h1-7,18H,8-10H2. The number of ether oxygens (including phenoxy) is 1. The molecule has 0 atom stereocenters. The van der Waals surface area contributed by atoms with Gasteiger partial charge in [-0.2, -0.15) is 0 Å². The Morgan fingerprint density at radius 1 is 1.19 bits per heavy atom. The Kier molecular flexibility index (Phi) is 5.14. The van der Waals surface area contributed by atoms with E-state index in [0.717, 1.165) is 5.56 Å². The number of halogens is 1. The van der Waals surface area contributed by atoms with Crippen molar-refractivity contribution in [2.75, 3.05) is 6.61 Å². The molecule has 0 spiro atoms. The number of aliphatic hydroxyl groups is 1. The number of nitro groups is 1. The number of aliphatic hydroxyl groups excluding tert-OH is 1. The molecular weight excluding hydrogens is 294 g/mol. The molecule has 2 aromatic rings. The smallest absolute Gasteiger partial charge is 0.277 e. The van der Waals surface area contributed by atoms with Crippen molar-refractivity contribution in [1.29, 1.82) is 0 Å². The summed E-state index contributed by atoms with van der Waals surface area (Å²) in [7, 11) is 0. The highest BCUT2D eigenvalue weighted by Gasteiger charge is 2.17. The third kappa shape index (κ3) is 3.93. The molecule has 0 amide bonds. The fourth-order valence-corrected chi connectivity index (χ4v) is 2.12. The molecule has 0 saturated carbocycles. The van der Waals surface area contributed by atoms with Crippen LogP contribution in [-0.4, -0.2) is 16.6 Å². The maximum Gasteiger partial charge on any atom is 0.277 e. The first-order valence-electron chi connectivity index (χ1n) is 6.36. The minimum atomic E-state index is -0.477. The van der Waals surface area contributed by atoms with Gasteiger partial charge in [0.05, 0.1) is 15.5 Å². The Morgan fingerprint density at radius 2 is 1.90 bits per heavy atom. The van der Waals surface area contributed by atoms with Crippen LogP contribution in [-0.2, 0) is 13.0 Å². The first-order valence-corrected chi connectivity index (χ1v) is 6.74. The minimum absolute atomic E-state index is 0.0231. The molecule has 0 fully saturated rings. The van der Waals surface area contributed by atoms with E-state index in [-0.39, 0.29) is 18.9 Å². The first kappa shape index (κ1) is 15.3. The van der Waals surface area contributed by atoms with Crippen LogP contribution in [0.3, 0.4) is 0 Å². The summed E-state index contributed by atoms with van der Waals surface area (Å²) >= 11 is 5.99. The van der Waals surface area contributed by atoms with Gasteiger partial charge in [-0.3, -0.25) is 10.1 Å². The largest absolute Gasteiger partial charge is 0.489 e. The van der Waals surface area contributed by atoms with Crippen molar-refractivity contribution in [1.82, 2.24) is 0 Å². The molecule has 0 radical (unpaired) electrons. The lowest BCUT2D eigenvalue weighted by atomic mass is 10.1. The van der Waals surface area contributed by atoms with Crippen LogP contribution >= 0.6 is 11.6 Å². The van der Waals surface area contributed by atoms with Crippen molar-refractivity contribution >= 4 is 17.3 Å². The average molecular weight is 308 g/mol. The summed E-state index contributed by atoms with van der Waals surface area (Å²) in [6, 6.07) is 11.7. The summed E-state index contributed by atoms with van der Waals surface area (Å²) < 4.78 is 5.55. The van der Waals surface area contributed by atoms with E-state index in [4.69, 9.17) is 21.4 Å². The summed E-state index contributed by atoms with van der Waals surface area (Å²) in [6.45, 7) is 0.112. The second-order valence-corrected chi connectivity index (χ2v) is 4.81. The lowest BCUT2D eigenvalue weighted by Crippen LogP contribution is -2.01.